The fourth-order valence-corrected chi connectivity index (χ4v) is 1.08. The van der Waals surface area contributed by atoms with Gasteiger partial charge >= 0.3 is 12.1 Å². The Bertz CT molecular complexity index is 385. The Balaban J connectivity index is 3.06. The highest BCUT2D eigenvalue weighted by atomic mass is 19.4. The lowest BCUT2D eigenvalue weighted by Crippen LogP contribution is -2.12. The Hall–Kier alpha value is -1.72. The third-order valence-corrected chi connectivity index (χ3v) is 1.72. The second kappa shape index (κ2) is 3.80. The van der Waals surface area contributed by atoms with Crippen LogP contribution in [-0.2, 0) is 6.42 Å². The molecule has 0 saturated heterocycles. The molecule has 0 bridgehead atoms. The fraction of sp³-hybridized carbons (Fsp3) is 0.222. The minimum atomic E-state index is -4.48. The molecular weight excluding hydrogens is 213 g/mol. The van der Waals surface area contributed by atoms with Crippen LogP contribution in [0.25, 0.3) is 0 Å². The number of phenols is 1. The van der Waals surface area contributed by atoms with E-state index in [0.717, 1.165) is 18.2 Å². The van der Waals surface area contributed by atoms with Gasteiger partial charge in [0.2, 0.25) is 0 Å². The molecule has 1 aromatic rings. The molecule has 0 fully saturated rings. The lowest BCUT2D eigenvalue weighted by atomic mass is 10.1. The zero-order chi connectivity index (χ0) is 11.6. The summed E-state index contributed by atoms with van der Waals surface area (Å²) in [5.41, 5.74) is -0.727. The molecule has 0 aromatic heterocycles. The summed E-state index contributed by atoms with van der Waals surface area (Å²) in [6.45, 7) is 0. The monoisotopic (exact) mass is 220 g/mol. The standard InChI is InChI=1S/C9H7F3O3/c10-9(11,12)4-6-3-5(8(14)15)1-2-7(6)13/h1-3,13H,4H2,(H,14,15). The lowest BCUT2D eigenvalue weighted by Gasteiger charge is -2.08. The fourth-order valence-electron chi connectivity index (χ4n) is 1.08. The molecule has 82 valence electrons. The van der Waals surface area contributed by atoms with Crippen LogP contribution in [0.1, 0.15) is 15.9 Å². The maximum atomic E-state index is 12.0. The average Bonchev–Trinajstić information content (AvgIpc) is 2.06. The number of hydrogen-bond donors (Lipinski definition) is 2. The van der Waals surface area contributed by atoms with Gasteiger partial charge in [0, 0.05) is 5.56 Å². The minimum Gasteiger partial charge on any atom is -0.508 e. The van der Waals surface area contributed by atoms with Crippen LogP contribution >= 0.6 is 0 Å². The largest absolute Gasteiger partial charge is 0.508 e. The van der Waals surface area contributed by atoms with Crippen molar-refractivity contribution < 1.29 is 28.2 Å². The maximum absolute atomic E-state index is 12.0. The maximum Gasteiger partial charge on any atom is 0.393 e. The van der Waals surface area contributed by atoms with Crippen LogP contribution in [-0.4, -0.2) is 22.4 Å². The number of halogens is 3. The molecule has 0 unspecified atom stereocenters. The first-order valence-electron chi connectivity index (χ1n) is 3.91. The third kappa shape index (κ3) is 3.16. The molecule has 1 aromatic carbocycles. The molecule has 0 aliphatic rings. The molecule has 15 heavy (non-hydrogen) atoms. The van der Waals surface area contributed by atoms with Crippen molar-refractivity contribution in [1.82, 2.24) is 0 Å². The minimum absolute atomic E-state index is 0.285. The summed E-state index contributed by atoms with van der Waals surface area (Å²) in [4.78, 5) is 10.5. The van der Waals surface area contributed by atoms with Crippen molar-refractivity contribution in [3.05, 3.63) is 29.3 Å². The molecule has 0 aliphatic carbocycles. The number of carboxylic acids is 1. The van der Waals surface area contributed by atoms with E-state index in [0.29, 0.717) is 0 Å². The normalized spacial score (nSPS) is 11.4. The number of rotatable bonds is 2. The van der Waals surface area contributed by atoms with Crippen molar-refractivity contribution in [2.75, 3.05) is 0 Å². The van der Waals surface area contributed by atoms with Crippen LogP contribution in [0.3, 0.4) is 0 Å². The van der Waals surface area contributed by atoms with E-state index < -0.39 is 29.9 Å². The summed E-state index contributed by atoms with van der Waals surface area (Å²) < 4.78 is 36.0. The summed E-state index contributed by atoms with van der Waals surface area (Å²) in [6, 6.07) is 2.78. The number of benzene rings is 1. The van der Waals surface area contributed by atoms with Gasteiger partial charge in [-0.2, -0.15) is 13.2 Å². The van der Waals surface area contributed by atoms with Crippen molar-refractivity contribution in [1.29, 1.82) is 0 Å². The van der Waals surface area contributed by atoms with Crippen molar-refractivity contribution in [3.8, 4) is 5.75 Å². The van der Waals surface area contributed by atoms with Gasteiger partial charge in [-0.15, -0.1) is 0 Å². The van der Waals surface area contributed by atoms with Gasteiger partial charge in [0.15, 0.2) is 0 Å². The first-order valence-corrected chi connectivity index (χ1v) is 3.91. The Morgan fingerprint density at radius 2 is 1.93 bits per heavy atom. The van der Waals surface area contributed by atoms with Gasteiger partial charge in [-0.25, -0.2) is 4.79 Å². The second-order valence-electron chi connectivity index (χ2n) is 2.94. The summed E-state index contributed by atoms with van der Waals surface area (Å²) in [6.07, 6.45) is -5.82. The zero-order valence-corrected chi connectivity index (χ0v) is 7.38. The SMILES string of the molecule is O=C(O)c1ccc(O)c(CC(F)(F)F)c1. The Morgan fingerprint density at radius 3 is 2.40 bits per heavy atom. The van der Waals surface area contributed by atoms with E-state index in [2.05, 4.69) is 0 Å². The summed E-state index contributed by atoms with van der Waals surface area (Å²) >= 11 is 0. The van der Waals surface area contributed by atoms with Gasteiger partial charge in [0.1, 0.15) is 5.75 Å². The molecule has 0 amide bonds. The van der Waals surface area contributed by atoms with Crippen molar-refractivity contribution in [2.24, 2.45) is 0 Å². The van der Waals surface area contributed by atoms with Crippen LogP contribution in [0.4, 0.5) is 13.2 Å². The number of alkyl halides is 3. The predicted octanol–water partition coefficient (Wildman–Crippen LogP) is 2.20. The average molecular weight is 220 g/mol. The highest BCUT2D eigenvalue weighted by molar-refractivity contribution is 5.88. The highest BCUT2D eigenvalue weighted by Gasteiger charge is 2.29. The predicted molar refractivity (Wildman–Crippen MR) is 44.8 cm³/mol. The van der Waals surface area contributed by atoms with E-state index in [1.807, 2.05) is 0 Å². The quantitative estimate of drug-likeness (QED) is 0.803. The molecule has 0 saturated carbocycles. The molecule has 0 aliphatic heterocycles. The summed E-state index contributed by atoms with van der Waals surface area (Å²) in [5, 5.41) is 17.6. The van der Waals surface area contributed by atoms with Gasteiger partial charge in [-0.1, -0.05) is 0 Å². The van der Waals surface area contributed by atoms with E-state index in [1.165, 1.54) is 0 Å². The van der Waals surface area contributed by atoms with Gasteiger partial charge < -0.3 is 10.2 Å². The van der Waals surface area contributed by atoms with Crippen molar-refractivity contribution >= 4 is 5.97 Å². The molecule has 3 nitrogen and oxygen atoms in total. The van der Waals surface area contributed by atoms with E-state index in [-0.39, 0.29) is 5.56 Å². The first kappa shape index (κ1) is 11.4. The number of aromatic hydroxyl groups is 1. The summed E-state index contributed by atoms with van der Waals surface area (Å²) in [7, 11) is 0. The number of carboxylic acid groups (broad SMARTS) is 1. The second-order valence-corrected chi connectivity index (χ2v) is 2.94. The van der Waals surface area contributed by atoms with E-state index in [4.69, 9.17) is 10.2 Å². The van der Waals surface area contributed by atoms with Gasteiger partial charge in [0.05, 0.1) is 12.0 Å². The molecule has 0 spiro atoms. The summed E-state index contributed by atoms with van der Waals surface area (Å²) in [5.74, 6) is -1.89. The Morgan fingerprint density at radius 1 is 1.33 bits per heavy atom. The first-order chi connectivity index (χ1) is 6.79. The van der Waals surface area contributed by atoms with E-state index in [9.17, 15) is 18.0 Å². The van der Waals surface area contributed by atoms with E-state index >= 15 is 0 Å². The molecule has 1 rings (SSSR count). The van der Waals surface area contributed by atoms with Crippen molar-refractivity contribution in [3.63, 3.8) is 0 Å². The van der Waals surface area contributed by atoms with Gasteiger partial charge in [-0.3, -0.25) is 0 Å². The molecule has 2 N–H and O–H groups in total. The highest BCUT2D eigenvalue weighted by Crippen LogP contribution is 2.27. The molecule has 6 heteroatoms. The Labute approximate surface area is 82.8 Å². The number of phenolic OH excluding ortho intramolecular Hbond substituents is 1. The van der Waals surface area contributed by atoms with Crippen LogP contribution in [0.2, 0.25) is 0 Å². The molecule has 0 atom stereocenters. The zero-order valence-electron chi connectivity index (χ0n) is 7.38. The van der Waals surface area contributed by atoms with Gasteiger partial charge in [-0.05, 0) is 18.2 Å². The third-order valence-electron chi connectivity index (χ3n) is 1.72. The number of aromatic carboxylic acids is 1. The van der Waals surface area contributed by atoms with Crippen LogP contribution < -0.4 is 0 Å². The number of carbonyl (C=O) groups is 1. The smallest absolute Gasteiger partial charge is 0.393 e. The topological polar surface area (TPSA) is 57.5 Å². The Kier molecular flexibility index (Phi) is 2.88. The van der Waals surface area contributed by atoms with Gasteiger partial charge in [0.25, 0.3) is 0 Å². The lowest BCUT2D eigenvalue weighted by molar-refractivity contribution is -0.127. The molecular formula is C9H7F3O3. The van der Waals surface area contributed by atoms with Crippen LogP contribution in [0.5, 0.6) is 5.75 Å². The van der Waals surface area contributed by atoms with Crippen molar-refractivity contribution in [2.45, 2.75) is 12.6 Å². The van der Waals surface area contributed by atoms with Crippen LogP contribution in [0.15, 0.2) is 18.2 Å². The van der Waals surface area contributed by atoms with Crippen LogP contribution in [0, 0.1) is 0 Å². The molecule has 0 heterocycles. The molecule has 0 radical (unpaired) electrons. The van der Waals surface area contributed by atoms with E-state index in [1.54, 1.807) is 0 Å². The number of hydrogen-bond acceptors (Lipinski definition) is 2.